The van der Waals surface area contributed by atoms with Crippen LogP contribution in [0.15, 0.2) is 0 Å². The van der Waals surface area contributed by atoms with E-state index in [0.29, 0.717) is 24.4 Å². The maximum atomic E-state index is 12.2. The molecule has 1 aliphatic rings. The highest BCUT2D eigenvalue weighted by Crippen LogP contribution is 2.28. The fraction of sp³-hybridized carbons (Fsp3) is 0.929. The van der Waals surface area contributed by atoms with Crippen molar-refractivity contribution in [3.8, 4) is 0 Å². The number of aliphatic hydroxyl groups excluding tert-OH is 1. The molecule has 0 aromatic carbocycles. The summed E-state index contributed by atoms with van der Waals surface area (Å²) in [5.74, 6) is 1.15. The molecule has 1 aliphatic carbocycles. The van der Waals surface area contributed by atoms with E-state index in [9.17, 15) is 4.79 Å². The van der Waals surface area contributed by atoms with Crippen molar-refractivity contribution in [1.29, 1.82) is 0 Å². The molecule has 2 atom stereocenters. The number of urea groups is 1. The summed E-state index contributed by atoms with van der Waals surface area (Å²) >= 11 is 2.01. The van der Waals surface area contributed by atoms with Crippen LogP contribution in [-0.2, 0) is 0 Å². The van der Waals surface area contributed by atoms with Crippen LogP contribution in [0.3, 0.4) is 0 Å². The van der Waals surface area contributed by atoms with Gasteiger partial charge < -0.3 is 15.3 Å². The van der Waals surface area contributed by atoms with Gasteiger partial charge in [-0.05, 0) is 31.4 Å². The molecule has 0 heterocycles. The van der Waals surface area contributed by atoms with Gasteiger partial charge in [0.25, 0.3) is 0 Å². The second-order valence-electron chi connectivity index (χ2n) is 5.10. The highest BCUT2D eigenvalue weighted by atomic mass is 32.2. The van der Waals surface area contributed by atoms with E-state index in [0.717, 1.165) is 25.0 Å². The summed E-state index contributed by atoms with van der Waals surface area (Å²) in [7, 11) is 0. The van der Waals surface area contributed by atoms with E-state index in [1.54, 1.807) is 4.90 Å². The van der Waals surface area contributed by atoms with Gasteiger partial charge in [-0.15, -0.1) is 0 Å². The van der Waals surface area contributed by atoms with Gasteiger partial charge in [0.15, 0.2) is 0 Å². The third kappa shape index (κ3) is 6.04. The molecule has 1 fully saturated rings. The number of aliphatic hydroxyl groups is 1. The zero-order chi connectivity index (χ0) is 14.1. The minimum absolute atomic E-state index is 0.0111. The molecule has 2 N–H and O–H groups in total. The molecule has 0 aromatic heterocycles. The van der Waals surface area contributed by atoms with Gasteiger partial charge in [0, 0.05) is 24.4 Å². The highest BCUT2D eigenvalue weighted by Gasteiger charge is 2.24. The Labute approximate surface area is 121 Å². The minimum atomic E-state index is -0.0111. The average Bonchev–Trinajstić information content (AvgIpc) is 2.39. The summed E-state index contributed by atoms with van der Waals surface area (Å²) in [5, 5.41) is 12.8. The Bertz CT molecular complexity index is 256. The summed E-state index contributed by atoms with van der Waals surface area (Å²) < 4.78 is 0. The summed E-state index contributed by atoms with van der Waals surface area (Å²) in [6, 6.07) is 0.298. The Hall–Kier alpha value is -0.420. The van der Waals surface area contributed by atoms with E-state index in [1.165, 1.54) is 12.8 Å². The molecule has 0 bridgehead atoms. The third-order valence-electron chi connectivity index (χ3n) is 3.51. The van der Waals surface area contributed by atoms with E-state index in [1.807, 2.05) is 18.7 Å². The van der Waals surface area contributed by atoms with Gasteiger partial charge in [-0.3, -0.25) is 0 Å². The van der Waals surface area contributed by atoms with Crippen LogP contribution in [0.1, 0.15) is 46.0 Å². The fourth-order valence-electron chi connectivity index (χ4n) is 2.63. The quantitative estimate of drug-likeness (QED) is 0.756. The first kappa shape index (κ1) is 16.6. The molecule has 0 radical (unpaired) electrons. The number of hydrogen-bond acceptors (Lipinski definition) is 3. The molecule has 2 unspecified atom stereocenters. The molecule has 5 heteroatoms. The molecule has 112 valence electrons. The second-order valence-corrected chi connectivity index (χ2v) is 6.68. The number of carbonyl (C=O) groups is 1. The number of nitrogens with zero attached hydrogens (tertiary/aromatic N) is 1. The van der Waals surface area contributed by atoms with Gasteiger partial charge in [0.1, 0.15) is 0 Å². The number of nitrogens with one attached hydrogen (secondary N) is 1. The van der Waals surface area contributed by atoms with Gasteiger partial charge in [-0.2, -0.15) is 11.8 Å². The zero-order valence-electron chi connectivity index (χ0n) is 12.2. The third-order valence-corrected chi connectivity index (χ3v) is 4.74. The normalized spacial score (nSPS) is 23.1. The maximum Gasteiger partial charge on any atom is 0.317 e. The lowest BCUT2D eigenvalue weighted by molar-refractivity contribution is 0.171. The number of rotatable bonds is 7. The van der Waals surface area contributed by atoms with Crippen LogP contribution in [-0.4, -0.2) is 52.8 Å². The first-order chi connectivity index (χ1) is 9.21. The molecular weight excluding hydrogens is 260 g/mol. The van der Waals surface area contributed by atoms with Crippen molar-refractivity contribution in [2.24, 2.45) is 0 Å². The molecule has 0 aromatic rings. The van der Waals surface area contributed by atoms with Crippen LogP contribution in [0.2, 0.25) is 0 Å². The van der Waals surface area contributed by atoms with Crippen LogP contribution < -0.4 is 5.32 Å². The first-order valence-electron chi connectivity index (χ1n) is 7.49. The van der Waals surface area contributed by atoms with Crippen LogP contribution in [0.5, 0.6) is 0 Å². The predicted octanol–water partition coefficient (Wildman–Crippen LogP) is 2.46. The van der Waals surface area contributed by atoms with Crippen LogP contribution in [0, 0.1) is 0 Å². The molecule has 4 nitrogen and oxygen atoms in total. The molecule has 19 heavy (non-hydrogen) atoms. The van der Waals surface area contributed by atoms with Crippen molar-refractivity contribution in [2.45, 2.75) is 57.2 Å². The summed E-state index contributed by atoms with van der Waals surface area (Å²) in [6.07, 6.45) is 5.58. The molecule has 0 spiro atoms. The monoisotopic (exact) mass is 288 g/mol. The number of hydrogen-bond donors (Lipinski definition) is 2. The highest BCUT2D eigenvalue weighted by molar-refractivity contribution is 7.99. The number of carbonyl (C=O) groups excluding carboxylic acids is 1. The van der Waals surface area contributed by atoms with Crippen LogP contribution in [0.4, 0.5) is 4.79 Å². The van der Waals surface area contributed by atoms with Gasteiger partial charge in [0.05, 0.1) is 6.61 Å². The van der Waals surface area contributed by atoms with Crippen LogP contribution in [0.25, 0.3) is 0 Å². The largest absolute Gasteiger partial charge is 0.395 e. The molecular formula is C14H28N2O2S. The van der Waals surface area contributed by atoms with E-state index in [-0.39, 0.29) is 12.6 Å². The van der Waals surface area contributed by atoms with Crippen LogP contribution >= 0.6 is 11.8 Å². The van der Waals surface area contributed by atoms with Crippen molar-refractivity contribution in [3.63, 3.8) is 0 Å². The molecule has 0 saturated heterocycles. The Kier molecular flexibility index (Phi) is 8.30. The average molecular weight is 288 g/mol. The van der Waals surface area contributed by atoms with Crippen molar-refractivity contribution in [2.75, 3.05) is 25.4 Å². The number of amides is 2. The second kappa shape index (κ2) is 9.48. The predicted molar refractivity (Wildman–Crippen MR) is 81.7 cm³/mol. The Morgan fingerprint density at radius 2 is 2.16 bits per heavy atom. The zero-order valence-corrected chi connectivity index (χ0v) is 13.0. The topological polar surface area (TPSA) is 52.6 Å². The van der Waals surface area contributed by atoms with Crippen molar-refractivity contribution < 1.29 is 9.90 Å². The van der Waals surface area contributed by atoms with Gasteiger partial charge in [-0.25, -0.2) is 4.79 Å². The Morgan fingerprint density at radius 1 is 1.37 bits per heavy atom. The van der Waals surface area contributed by atoms with E-state index in [4.69, 9.17) is 5.11 Å². The van der Waals surface area contributed by atoms with Crippen molar-refractivity contribution in [1.82, 2.24) is 10.2 Å². The summed E-state index contributed by atoms with van der Waals surface area (Å²) in [4.78, 5) is 13.9. The van der Waals surface area contributed by atoms with E-state index in [2.05, 4.69) is 12.2 Å². The lowest BCUT2D eigenvalue weighted by Crippen LogP contribution is -2.47. The molecule has 2 amide bonds. The molecule has 1 saturated carbocycles. The molecule has 0 aliphatic heterocycles. The standard InChI is InChI=1S/C14H28N2O2S/c1-3-8-16(9-10-17)14(18)15-12-6-5-7-13(11-12)19-4-2/h12-13,17H,3-11H2,1-2H3,(H,15,18). The lowest BCUT2D eigenvalue weighted by atomic mass is 9.95. The van der Waals surface area contributed by atoms with Crippen molar-refractivity contribution >= 4 is 17.8 Å². The van der Waals surface area contributed by atoms with Gasteiger partial charge in [0.2, 0.25) is 0 Å². The van der Waals surface area contributed by atoms with E-state index >= 15 is 0 Å². The maximum absolute atomic E-state index is 12.2. The van der Waals surface area contributed by atoms with Gasteiger partial charge in [-0.1, -0.05) is 20.3 Å². The summed E-state index contributed by atoms with van der Waals surface area (Å²) in [5.41, 5.74) is 0. The SMILES string of the molecule is CCCN(CCO)C(=O)NC1CCCC(SCC)C1. The number of thioether (sulfide) groups is 1. The molecule has 1 rings (SSSR count). The summed E-state index contributed by atoms with van der Waals surface area (Å²) in [6.45, 7) is 5.42. The Morgan fingerprint density at radius 3 is 2.79 bits per heavy atom. The first-order valence-corrected chi connectivity index (χ1v) is 8.54. The van der Waals surface area contributed by atoms with Crippen molar-refractivity contribution in [3.05, 3.63) is 0 Å². The lowest BCUT2D eigenvalue weighted by Gasteiger charge is -2.31. The smallest absolute Gasteiger partial charge is 0.317 e. The fourth-order valence-corrected chi connectivity index (χ4v) is 3.81. The van der Waals surface area contributed by atoms with Gasteiger partial charge >= 0.3 is 6.03 Å². The Balaban J connectivity index is 2.40. The minimum Gasteiger partial charge on any atom is -0.395 e. The van der Waals surface area contributed by atoms with E-state index < -0.39 is 0 Å².